The number of hydrogen-bond acceptors (Lipinski definition) is 4. The van der Waals surface area contributed by atoms with E-state index in [0.29, 0.717) is 0 Å². The van der Waals surface area contributed by atoms with Crippen LogP contribution in [0.4, 0.5) is 5.82 Å². The quantitative estimate of drug-likeness (QED) is 0.890. The number of morpholine rings is 1. The van der Waals surface area contributed by atoms with Crippen LogP contribution < -0.4 is 10.6 Å². The molecule has 0 radical (unpaired) electrons. The van der Waals surface area contributed by atoms with Gasteiger partial charge >= 0.3 is 0 Å². The van der Waals surface area contributed by atoms with E-state index in [2.05, 4.69) is 43.6 Å². The van der Waals surface area contributed by atoms with Crippen LogP contribution in [0.25, 0.3) is 0 Å². The van der Waals surface area contributed by atoms with Crippen molar-refractivity contribution in [2.45, 2.75) is 51.9 Å². The van der Waals surface area contributed by atoms with Crippen LogP contribution in [0.5, 0.6) is 0 Å². The largest absolute Gasteiger partial charge is 0.366 e. The SMILES string of the molecule is C[C@H](N)c1cccnc1N1CC(C)(C)OC(C)(C)C1. The van der Waals surface area contributed by atoms with Gasteiger partial charge < -0.3 is 15.4 Å². The lowest BCUT2D eigenvalue weighted by atomic mass is 9.98. The molecule has 2 heterocycles. The number of hydrogen-bond donors (Lipinski definition) is 1. The number of nitrogens with two attached hydrogens (primary N) is 1. The summed E-state index contributed by atoms with van der Waals surface area (Å²) in [6.45, 7) is 12.1. The fourth-order valence-corrected chi connectivity index (χ4v) is 2.97. The molecule has 1 aliphatic rings. The lowest BCUT2D eigenvalue weighted by Crippen LogP contribution is -2.57. The molecule has 1 fully saturated rings. The molecular formula is C15H25N3O. The maximum Gasteiger partial charge on any atom is 0.133 e. The standard InChI is InChI=1S/C15H25N3O/c1-11(16)12-7-6-8-17-13(12)18-9-14(2,3)19-15(4,5)10-18/h6-8,11H,9-10,16H2,1-5H3/t11-/m0/s1. The van der Waals surface area contributed by atoms with Crippen molar-refractivity contribution in [1.82, 2.24) is 4.98 Å². The van der Waals surface area contributed by atoms with Gasteiger partial charge in [0.05, 0.1) is 11.2 Å². The maximum atomic E-state index is 6.11. The summed E-state index contributed by atoms with van der Waals surface area (Å²) in [7, 11) is 0. The Bertz CT molecular complexity index is 438. The molecule has 0 saturated carbocycles. The first-order valence-electron chi connectivity index (χ1n) is 6.86. The first-order chi connectivity index (χ1) is 8.70. The van der Waals surface area contributed by atoms with E-state index in [1.54, 1.807) is 0 Å². The van der Waals surface area contributed by atoms with Crippen molar-refractivity contribution in [3.63, 3.8) is 0 Å². The molecule has 0 spiro atoms. The smallest absolute Gasteiger partial charge is 0.133 e. The summed E-state index contributed by atoms with van der Waals surface area (Å²) in [5.74, 6) is 0.988. The average molecular weight is 263 g/mol. The Morgan fingerprint density at radius 3 is 2.37 bits per heavy atom. The highest BCUT2D eigenvalue weighted by Gasteiger charge is 2.39. The van der Waals surface area contributed by atoms with Crippen LogP contribution in [-0.4, -0.2) is 29.3 Å². The Balaban J connectivity index is 2.36. The minimum absolute atomic E-state index is 0.0160. The first-order valence-corrected chi connectivity index (χ1v) is 6.86. The second-order valence-corrected chi connectivity index (χ2v) is 6.68. The summed E-state index contributed by atoms with van der Waals surface area (Å²) < 4.78 is 6.11. The summed E-state index contributed by atoms with van der Waals surface area (Å²) >= 11 is 0. The number of nitrogens with zero attached hydrogens (tertiary/aromatic N) is 2. The minimum Gasteiger partial charge on any atom is -0.366 e. The van der Waals surface area contributed by atoms with E-state index in [9.17, 15) is 0 Å². The Hall–Kier alpha value is -1.13. The second kappa shape index (κ2) is 4.76. The maximum absolute atomic E-state index is 6.11. The molecule has 2 N–H and O–H groups in total. The van der Waals surface area contributed by atoms with Crippen LogP contribution in [0.1, 0.15) is 46.2 Å². The fraction of sp³-hybridized carbons (Fsp3) is 0.667. The molecule has 0 bridgehead atoms. The monoisotopic (exact) mass is 263 g/mol. The normalized spacial score (nSPS) is 23.2. The number of ether oxygens (including phenoxy) is 1. The predicted molar refractivity (Wildman–Crippen MR) is 78.3 cm³/mol. The summed E-state index contributed by atoms with van der Waals surface area (Å²) in [6, 6.07) is 3.99. The van der Waals surface area contributed by atoms with Crippen molar-refractivity contribution in [2.75, 3.05) is 18.0 Å². The molecule has 1 atom stereocenters. The molecule has 0 unspecified atom stereocenters. The molecule has 106 valence electrons. The van der Waals surface area contributed by atoms with Gasteiger partial charge in [0.1, 0.15) is 5.82 Å². The van der Waals surface area contributed by atoms with Gasteiger partial charge in [0.15, 0.2) is 0 Å². The third-order valence-corrected chi connectivity index (χ3v) is 3.30. The zero-order valence-electron chi connectivity index (χ0n) is 12.6. The zero-order chi connectivity index (χ0) is 14.3. The van der Waals surface area contributed by atoms with E-state index in [4.69, 9.17) is 10.5 Å². The van der Waals surface area contributed by atoms with Crippen LogP contribution in [0, 0.1) is 0 Å². The number of anilines is 1. The molecule has 4 nitrogen and oxygen atoms in total. The topological polar surface area (TPSA) is 51.4 Å². The zero-order valence-corrected chi connectivity index (χ0v) is 12.6. The van der Waals surface area contributed by atoms with Gasteiger partial charge in [-0.05, 0) is 40.7 Å². The number of rotatable bonds is 2. The van der Waals surface area contributed by atoms with Crippen molar-refractivity contribution in [1.29, 1.82) is 0 Å². The Morgan fingerprint density at radius 1 is 1.26 bits per heavy atom. The van der Waals surface area contributed by atoms with Crippen LogP contribution in [0.2, 0.25) is 0 Å². The van der Waals surface area contributed by atoms with Gasteiger partial charge in [-0.3, -0.25) is 0 Å². The van der Waals surface area contributed by atoms with Crippen molar-refractivity contribution >= 4 is 5.82 Å². The summed E-state index contributed by atoms with van der Waals surface area (Å²) in [4.78, 5) is 6.84. The number of aromatic nitrogens is 1. The summed E-state index contributed by atoms with van der Waals surface area (Å²) in [5, 5.41) is 0. The highest BCUT2D eigenvalue weighted by Crippen LogP contribution is 2.33. The minimum atomic E-state index is -0.186. The van der Waals surface area contributed by atoms with Crippen LogP contribution in [0.15, 0.2) is 18.3 Å². The summed E-state index contributed by atoms with van der Waals surface area (Å²) in [6.07, 6.45) is 1.83. The van der Waals surface area contributed by atoms with E-state index < -0.39 is 0 Å². The molecule has 1 aromatic rings. The van der Waals surface area contributed by atoms with Gasteiger partial charge in [-0.25, -0.2) is 4.98 Å². The Morgan fingerprint density at radius 2 is 1.84 bits per heavy atom. The predicted octanol–water partition coefficient (Wildman–Crippen LogP) is 2.50. The molecular weight excluding hydrogens is 238 g/mol. The van der Waals surface area contributed by atoms with Gasteiger partial charge in [0.25, 0.3) is 0 Å². The molecule has 0 aromatic carbocycles. The van der Waals surface area contributed by atoms with Crippen LogP contribution in [-0.2, 0) is 4.74 Å². The van der Waals surface area contributed by atoms with Gasteiger partial charge in [0, 0.05) is 30.9 Å². The molecule has 1 aromatic heterocycles. The van der Waals surface area contributed by atoms with Crippen molar-refractivity contribution in [3.8, 4) is 0 Å². The molecule has 2 rings (SSSR count). The molecule has 19 heavy (non-hydrogen) atoms. The van der Waals surface area contributed by atoms with Crippen molar-refractivity contribution in [2.24, 2.45) is 5.73 Å². The lowest BCUT2D eigenvalue weighted by molar-refractivity contribution is -0.133. The Labute approximate surface area is 116 Å². The number of pyridine rings is 1. The van der Waals surface area contributed by atoms with Gasteiger partial charge in [-0.2, -0.15) is 0 Å². The lowest BCUT2D eigenvalue weighted by Gasteiger charge is -2.48. The van der Waals surface area contributed by atoms with Crippen LogP contribution >= 0.6 is 0 Å². The third-order valence-electron chi connectivity index (χ3n) is 3.30. The van der Waals surface area contributed by atoms with Gasteiger partial charge in [-0.15, -0.1) is 0 Å². The van der Waals surface area contributed by atoms with Crippen LogP contribution in [0.3, 0.4) is 0 Å². The second-order valence-electron chi connectivity index (χ2n) is 6.68. The van der Waals surface area contributed by atoms with Gasteiger partial charge in [-0.1, -0.05) is 6.07 Å². The van der Waals surface area contributed by atoms with Crippen molar-refractivity contribution < 1.29 is 4.74 Å². The van der Waals surface area contributed by atoms with E-state index in [1.807, 2.05) is 19.2 Å². The van der Waals surface area contributed by atoms with E-state index in [0.717, 1.165) is 24.5 Å². The fourth-order valence-electron chi connectivity index (χ4n) is 2.97. The Kier molecular flexibility index (Phi) is 3.58. The molecule has 4 heteroatoms. The van der Waals surface area contributed by atoms with E-state index in [1.165, 1.54) is 0 Å². The van der Waals surface area contributed by atoms with Gasteiger partial charge in [0.2, 0.25) is 0 Å². The highest BCUT2D eigenvalue weighted by atomic mass is 16.5. The van der Waals surface area contributed by atoms with E-state index >= 15 is 0 Å². The van der Waals surface area contributed by atoms with E-state index in [-0.39, 0.29) is 17.2 Å². The molecule has 1 saturated heterocycles. The highest BCUT2D eigenvalue weighted by molar-refractivity contribution is 5.49. The van der Waals surface area contributed by atoms with Crippen molar-refractivity contribution in [3.05, 3.63) is 23.9 Å². The first kappa shape index (κ1) is 14.3. The molecule has 1 aliphatic heterocycles. The summed E-state index contributed by atoms with van der Waals surface area (Å²) in [5.41, 5.74) is 6.78. The molecule has 0 amide bonds. The third kappa shape index (κ3) is 3.25. The average Bonchev–Trinajstić information content (AvgIpc) is 2.24. The molecule has 0 aliphatic carbocycles.